The Hall–Kier alpha value is -1.11. The van der Waals surface area contributed by atoms with Gasteiger partial charge < -0.3 is 10.1 Å². The number of ether oxygens (including phenoxy) is 1. The molecule has 1 aromatic rings. The average Bonchev–Trinajstić information content (AvgIpc) is 2.36. The van der Waals surface area contributed by atoms with Gasteiger partial charge in [0.2, 0.25) is 10.0 Å². The van der Waals surface area contributed by atoms with E-state index in [0.717, 1.165) is 25.1 Å². The number of benzene rings is 1. The summed E-state index contributed by atoms with van der Waals surface area (Å²) in [6, 6.07) is 7.32. The summed E-state index contributed by atoms with van der Waals surface area (Å²) < 4.78 is 30.9. The highest BCUT2D eigenvalue weighted by molar-refractivity contribution is 7.89. The lowest BCUT2D eigenvalue weighted by molar-refractivity contribution is 0.00299. The second kappa shape index (κ2) is 6.11. The molecular formula is C14H22N2O3S. The molecule has 1 aliphatic carbocycles. The zero-order valence-corrected chi connectivity index (χ0v) is 13.0. The lowest BCUT2D eigenvalue weighted by atomic mass is 9.89. The SMILES string of the molecule is CCOC1CC(Nc2cccc(S(=O)(=O)N(C)C)c2)C1. The Kier molecular flexibility index (Phi) is 4.67. The van der Waals surface area contributed by atoms with Crippen LogP contribution in [-0.4, -0.2) is 45.6 Å². The Labute approximate surface area is 121 Å². The van der Waals surface area contributed by atoms with Crippen LogP contribution in [-0.2, 0) is 14.8 Å². The molecule has 0 spiro atoms. The van der Waals surface area contributed by atoms with E-state index in [4.69, 9.17) is 4.74 Å². The molecule has 0 unspecified atom stereocenters. The van der Waals surface area contributed by atoms with E-state index in [1.807, 2.05) is 13.0 Å². The second-order valence-corrected chi connectivity index (χ2v) is 7.36. The molecule has 0 aromatic heterocycles. The van der Waals surface area contributed by atoms with E-state index in [1.165, 1.54) is 18.4 Å². The Morgan fingerprint density at radius 1 is 1.35 bits per heavy atom. The molecule has 0 amide bonds. The maximum Gasteiger partial charge on any atom is 0.242 e. The third-order valence-corrected chi connectivity index (χ3v) is 5.29. The molecular weight excluding hydrogens is 276 g/mol. The first kappa shape index (κ1) is 15.3. The fraction of sp³-hybridized carbons (Fsp3) is 0.571. The minimum Gasteiger partial charge on any atom is -0.382 e. The number of hydrogen-bond acceptors (Lipinski definition) is 4. The third-order valence-electron chi connectivity index (χ3n) is 3.48. The molecule has 2 rings (SSSR count). The lowest BCUT2D eigenvalue weighted by Gasteiger charge is -2.36. The number of sulfonamides is 1. The minimum absolute atomic E-state index is 0.313. The van der Waals surface area contributed by atoms with Gasteiger partial charge in [-0.1, -0.05) is 6.07 Å². The van der Waals surface area contributed by atoms with E-state index >= 15 is 0 Å². The number of anilines is 1. The number of rotatable bonds is 6. The standard InChI is InChI=1S/C14H22N2O3S/c1-4-19-13-8-12(9-13)15-11-6-5-7-14(10-11)20(17,18)16(2)3/h5-7,10,12-13,15H,4,8-9H2,1-3H3. The molecule has 0 radical (unpaired) electrons. The summed E-state index contributed by atoms with van der Waals surface area (Å²) >= 11 is 0. The van der Waals surface area contributed by atoms with Crippen LogP contribution in [0.15, 0.2) is 29.2 Å². The van der Waals surface area contributed by atoms with Crippen molar-refractivity contribution in [2.75, 3.05) is 26.0 Å². The van der Waals surface area contributed by atoms with Crippen molar-refractivity contribution >= 4 is 15.7 Å². The highest BCUT2D eigenvalue weighted by Gasteiger charge is 2.29. The molecule has 0 atom stereocenters. The van der Waals surface area contributed by atoms with Crippen molar-refractivity contribution in [1.29, 1.82) is 0 Å². The highest BCUT2D eigenvalue weighted by atomic mass is 32.2. The monoisotopic (exact) mass is 298 g/mol. The summed E-state index contributed by atoms with van der Waals surface area (Å²) in [7, 11) is -0.303. The summed E-state index contributed by atoms with van der Waals surface area (Å²) in [4.78, 5) is 0.313. The topological polar surface area (TPSA) is 58.6 Å². The smallest absolute Gasteiger partial charge is 0.242 e. The van der Waals surface area contributed by atoms with Gasteiger partial charge in [-0.15, -0.1) is 0 Å². The lowest BCUT2D eigenvalue weighted by Crippen LogP contribution is -2.40. The quantitative estimate of drug-likeness (QED) is 0.871. The van der Waals surface area contributed by atoms with Gasteiger partial charge in [0.25, 0.3) is 0 Å². The maximum absolute atomic E-state index is 12.1. The third kappa shape index (κ3) is 3.31. The Bertz CT molecular complexity index is 551. The Morgan fingerprint density at radius 2 is 2.05 bits per heavy atom. The minimum atomic E-state index is -3.37. The molecule has 1 N–H and O–H groups in total. The van der Waals surface area contributed by atoms with Crippen molar-refractivity contribution in [1.82, 2.24) is 4.31 Å². The van der Waals surface area contributed by atoms with Gasteiger partial charge in [0, 0.05) is 32.4 Å². The summed E-state index contributed by atoms with van der Waals surface area (Å²) in [6.45, 7) is 2.74. The van der Waals surface area contributed by atoms with Crippen LogP contribution in [0.1, 0.15) is 19.8 Å². The summed E-state index contributed by atoms with van der Waals surface area (Å²) in [5.41, 5.74) is 0.841. The van der Waals surface area contributed by atoms with Crippen LogP contribution in [0.3, 0.4) is 0 Å². The van der Waals surface area contributed by atoms with Crippen molar-refractivity contribution in [3.05, 3.63) is 24.3 Å². The predicted octanol–water partition coefficient (Wildman–Crippen LogP) is 1.92. The van der Waals surface area contributed by atoms with E-state index in [9.17, 15) is 8.42 Å². The van der Waals surface area contributed by atoms with Gasteiger partial charge in [-0.25, -0.2) is 12.7 Å². The molecule has 1 saturated carbocycles. The van der Waals surface area contributed by atoms with Gasteiger partial charge in [-0.2, -0.15) is 0 Å². The van der Waals surface area contributed by atoms with E-state index < -0.39 is 10.0 Å². The normalized spacial score (nSPS) is 22.6. The van der Waals surface area contributed by atoms with Gasteiger partial charge in [-0.3, -0.25) is 0 Å². The number of hydrogen-bond donors (Lipinski definition) is 1. The van der Waals surface area contributed by atoms with Crippen LogP contribution in [0.2, 0.25) is 0 Å². The van der Waals surface area contributed by atoms with Crippen molar-refractivity contribution in [3.8, 4) is 0 Å². The number of nitrogens with zero attached hydrogens (tertiary/aromatic N) is 1. The molecule has 0 heterocycles. The van der Waals surface area contributed by atoms with E-state index in [0.29, 0.717) is 17.0 Å². The van der Waals surface area contributed by atoms with Gasteiger partial charge in [0.05, 0.1) is 11.0 Å². The zero-order valence-electron chi connectivity index (χ0n) is 12.2. The second-order valence-electron chi connectivity index (χ2n) is 5.21. The zero-order chi connectivity index (χ0) is 14.8. The number of nitrogens with one attached hydrogen (secondary N) is 1. The highest BCUT2D eigenvalue weighted by Crippen LogP contribution is 2.27. The summed E-state index contributed by atoms with van der Waals surface area (Å²) in [5.74, 6) is 0. The van der Waals surface area contributed by atoms with E-state index in [-0.39, 0.29) is 0 Å². The Balaban J connectivity index is 2.01. The first-order chi connectivity index (χ1) is 9.43. The van der Waals surface area contributed by atoms with Gasteiger partial charge >= 0.3 is 0 Å². The van der Waals surface area contributed by atoms with Crippen LogP contribution in [0.4, 0.5) is 5.69 Å². The first-order valence-electron chi connectivity index (χ1n) is 6.84. The fourth-order valence-corrected chi connectivity index (χ4v) is 3.20. The van der Waals surface area contributed by atoms with Crippen molar-refractivity contribution in [3.63, 3.8) is 0 Å². The van der Waals surface area contributed by atoms with Crippen molar-refractivity contribution in [2.24, 2.45) is 0 Å². The van der Waals surface area contributed by atoms with Crippen LogP contribution < -0.4 is 5.32 Å². The molecule has 1 fully saturated rings. The first-order valence-corrected chi connectivity index (χ1v) is 8.28. The van der Waals surface area contributed by atoms with Gasteiger partial charge in [-0.05, 0) is 38.0 Å². The molecule has 0 saturated heterocycles. The van der Waals surface area contributed by atoms with E-state index in [1.54, 1.807) is 18.2 Å². The molecule has 0 aliphatic heterocycles. The van der Waals surface area contributed by atoms with Crippen LogP contribution in [0, 0.1) is 0 Å². The molecule has 0 bridgehead atoms. The summed E-state index contributed by atoms with van der Waals surface area (Å²) in [5, 5.41) is 3.36. The maximum atomic E-state index is 12.1. The average molecular weight is 298 g/mol. The molecule has 20 heavy (non-hydrogen) atoms. The summed E-state index contributed by atoms with van der Waals surface area (Å²) in [6.07, 6.45) is 2.28. The fourth-order valence-electron chi connectivity index (χ4n) is 2.25. The molecule has 112 valence electrons. The van der Waals surface area contributed by atoms with Crippen LogP contribution in [0.25, 0.3) is 0 Å². The van der Waals surface area contributed by atoms with Gasteiger partial charge in [0.1, 0.15) is 0 Å². The molecule has 1 aliphatic rings. The van der Waals surface area contributed by atoms with Crippen LogP contribution in [0.5, 0.6) is 0 Å². The largest absolute Gasteiger partial charge is 0.382 e. The molecule has 5 nitrogen and oxygen atoms in total. The van der Waals surface area contributed by atoms with Crippen LogP contribution >= 0.6 is 0 Å². The molecule has 6 heteroatoms. The van der Waals surface area contributed by atoms with E-state index in [2.05, 4.69) is 5.32 Å². The van der Waals surface area contributed by atoms with Crippen molar-refractivity contribution in [2.45, 2.75) is 36.8 Å². The van der Waals surface area contributed by atoms with Crippen molar-refractivity contribution < 1.29 is 13.2 Å². The van der Waals surface area contributed by atoms with Gasteiger partial charge in [0.15, 0.2) is 0 Å². The Morgan fingerprint density at radius 3 is 2.65 bits per heavy atom. The molecule has 1 aromatic carbocycles. The predicted molar refractivity (Wildman–Crippen MR) is 79.4 cm³/mol.